The summed E-state index contributed by atoms with van der Waals surface area (Å²) in [5, 5.41) is 9.19. The van der Waals surface area contributed by atoms with Crippen LogP contribution >= 0.6 is 11.6 Å². The number of rotatable bonds is 2. The number of hydrogen-bond acceptors (Lipinski definition) is 4. The van der Waals surface area contributed by atoms with E-state index in [-0.39, 0.29) is 5.41 Å². The van der Waals surface area contributed by atoms with Crippen LogP contribution in [0, 0.1) is 5.41 Å². The second-order valence-electron chi connectivity index (χ2n) is 4.98. The smallest absolute Gasteiger partial charge is 0.179 e. The summed E-state index contributed by atoms with van der Waals surface area (Å²) in [6.45, 7) is 5.61. The van der Waals surface area contributed by atoms with Crippen molar-refractivity contribution < 1.29 is 14.7 Å². The predicted molar refractivity (Wildman–Crippen MR) is 64.8 cm³/mol. The molecule has 0 fully saturated rings. The number of hydroxylamine groups is 1. The maximum Gasteiger partial charge on any atom is 0.179 e. The fourth-order valence-corrected chi connectivity index (χ4v) is 1.93. The van der Waals surface area contributed by atoms with E-state index < -0.39 is 0 Å². The maximum atomic E-state index is 8.69. The molecule has 4 nitrogen and oxygen atoms in total. The highest BCUT2D eigenvalue weighted by molar-refractivity contribution is 6.32. The van der Waals surface area contributed by atoms with Gasteiger partial charge >= 0.3 is 0 Å². The van der Waals surface area contributed by atoms with E-state index in [0.29, 0.717) is 36.3 Å². The van der Waals surface area contributed by atoms with Crippen molar-refractivity contribution in [3.63, 3.8) is 0 Å². The molecule has 0 saturated heterocycles. The van der Waals surface area contributed by atoms with Gasteiger partial charge in [0.25, 0.3) is 0 Å². The molecule has 0 atom stereocenters. The molecular formula is C12H16ClNO3. The first kappa shape index (κ1) is 12.5. The van der Waals surface area contributed by atoms with E-state index in [0.717, 1.165) is 5.56 Å². The van der Waals surface area contributed by atoms with Crippen LogP contribution in [0.25, 0.3) is 0 Å². The van der Waals surface area contributed by atoms with Gasteiger partial charge in [-0.1, -0.05) is 25.4 Å². The highest BCUT2D eigenvalue weighted by Gasteiger charge is 2.26. The van der Waals surface area contributed by atoms with Crippen molar-refractivity contribution in [2.45, 2.75) is 20.4 Å². The number of halogens is 1. The third-order valence-electron chi connectivity index (χ3n) is 2.58. The van der Waals surface area contributed by atoms with Crippen LogP contribution in [0.4, 0.5) is 0 Å². The molecule has 94 valence electrons. The van der Waals surface area contributed by atoms with Gasteiger partial charge in [-0.15, -0.1) is 0 Å². The predicted octanol–water partition coefficient (Wildman–Crippen LogP) is 2.62. The van der Waals surface area contributed by atoms with Gasteiger partial charge in [-0.25, -0.2) is 5.48 Å². The number of benzene rings is 1. The first-order chi connectivity index (χ1) is 8.02. The summed E-state index contributed by atoms with van der Waals surface area (Å²) in [6.07, 6.45) is 0. The maximum absolute atomic E-state index is 8.69. The lowest BCUT2D eigenvalue weighted by Crippen LogP contribution is -2.26. The van der Waals surface area contributed by atoms with Crippen LogP contribution in [0.5, 0.6) is 11.5 Å². The molecule has 0 amide bonds. The summed E-state index contributed by atoms with van der Waals surface area (Å²) in [7, 11) is 0. The molecular weight excluding hydrogens is 242 g/mol. The zero-order chi connectivity index (χ0) is 12.5. The number of ether oxygens (including phenoxy) is 2. The molecule has 0 aromatic heterocycles. The highest BCUT2D eigenvalue weighted by Crippen LogP contribution is 2.40. The van der Waals surface area contributed by atoms with Crippen molar-refractivity contribution in [1.29, 1.82) is 0 Å². The van der Waals surface area contributed by atoms with E-state index >= 15 is 0 Å². The fourth-order valence-electron chi connectivity index (χ4n) is 1.64. The number of nitrogens with one attached hydrogen (secondary N) is 1. The van der Waals surface area contributed by atoms with E-state index in [1.807, 2.05) is 6.07 Å². The molecule has 2 N–H and O–H groups in total. The molecule has 17 heavy (non-hydrogen) atoms. The van der Waals surface area contributed by atoms with Gasteiger partial charge in [0.1, 0.15) is 0 Å². The van der Waals surface area contributed by atoms with Crippen LogP contribution in [0.2, 0.25) is 5.02 Å². The first-order valence-corrected chi connectivity index (χ1v) is 5.85. The van der Waals surface area contributed by atoms with Gasteiger partial charge in [-0.2, -0.15) is 0 Å². The summed E-state index contributed by atoms with van der Waals surface area (Å²) in [5.41, 5.74) is 2.90. The zero-order valence-corrected chi connectivity index (χ0v) is 10.7. The van der Waals surface area contributed by atoms with E-state index in [1.165, 1.54) is 0 Å². The van der Waals surface area contributed by atoms with E-state index in [4.69, 9.17) is 26.3 Å². The minimum absolute atomic E-state index is 0.0439. The molecule has 5 heteroatoms. The van der Waals surface area contributed by atoms with Gasteiger partial charge in [-0.05, 0) is 17.7 Å². The lowest BCUT2D eigenvalue weighted by Gasteiger charge is -2.19. The van der Waals surface area contributed by atoms with Crippen molar-refractivity contribution in [1.82, 2.24) is 5.48 Å². The molecule has 1 aliphatic heterocycles. The number of fused-ring (bicyclic) bond motifs is 1. The van der Waals surface area contributed by atoms with Crippen molar-refractivity contribution in [2.75, 3.05) is 13.2 Å². The summed E-state index contributed by atoms with van der Waals surface area (Å²) >= 11 is 6.13. The van der Waals surface area contributed by atoms with Crippen molar-refractivity contribution in [3.8, 4) is 11.5 Å². The fraction of sp³-hybridized carbons (Fsp3) is 0.500. The highest BCUT2D eigenvalue weighted by atomic mass is 35.5. The monoisotopic (exact) mass is 257 g/mol. The quantitative estimate of drug-likeness (QED) is 0.800. The molecule has 0 radical (unpaired) electrons. The van der Waals surface area contributed by atoms with Crippen LogP contribution in [-0.4, -0.2) is 18.4 Å². The Morgan fingerprint density at radius 1 is 1.35 bits per heavy atom. The molecule has 0 spiro atoms. The largest absolute Gasteiger partial charge is 0.489 e. The standard InChI is InChI=1S/C12H16ClNO3/c1-12(2)6-16-10-4-8(5-14-15)3-9(13)11(10)17-7-12/h3-4,14-15H,5-7H2,1-2H3. The van der Waals surface area contributed by atoms with Crippen molar-refractivity contribution in [2.24, 2.45) is 5.41 Å². The van der Waals surface area contributed by atoms with E-state index in [1.54, 1.807) is 6.07 Å². The van der Waals surface area contributed by atoms with Gasteiger partial charge in [0, 0.05) is 12.0 Å². The lowest BCUT2D eigenvalue weighted by molar-refractivity contribution is 0.140. The first-order valence-electron chi connectivity index (χ1n) is 5.47. The van der Waals surface area contributed by atoms with Gasteiger partial charge in [0.2, 0.25) is 0 Å². The van der Waals surface area contributed by atoms with Crippen LogP contribution in [0.15, 0.2) is 12.1 Å². The molecule has 0 saturated carbocycles. The molecule has 0 aliphatic carbocycles. The summed E-state index contributed by atoms with van der Waals surface area (Å²) in [6, 6.07) is 3.58. The van der Waals surface area contributed by atoms with Crippen LogP contribution in [-0.2, 0) is 6.54 Å². The Labute approximate surface area is 105 Å². The normalized spacial score (nSPS) is 17.6. The third-order valence-corrected chi connectivity index (χ3v) is 2.86. The van der Waals surface area contributed by atoms with Crippen LogP contribution in [0.1, 0.15) is 19.4 Å². The van der Waals surface area contributed by atoms with Gasteiger partial charge in [-0.3, -0.25) is 0 Å². The summed E-state index contributed by atoms with van der Waals surface area (Å²) < 4.78 is 11.4. The molecule has 1 aromatic carbocycles. The lowest BCUT2D eigenvalue weighted by atomic mass is 9.97. The average Bonchev–Trinajstić information content (AvgIpc) is 2.39. The molecule has 0 unspecified atom stereocenters. The number of hydrogen-bond donors (Lipinski definition) is 2. The Kier molecular flexibility index (Phi) is 3.47. The SMILES string of the molecule is CC1(C)COc2cc(CNO)cc(Cl)c2OC1. The molecule has 0 bridgehead atoms. The second-order valence-corrected chi connectivity index (χ2v) is 5.39. The van der Waals surface area contributed by atoms with Gasteiger partial charge in [0.15, 0.2) is 11.5 Å². The molecule has 1 aromatic rings. The Bertz CT molecular complexity index is 420. The molecule has 2 rings (SSSR count). The topological polar surface area (TPSA) is 50.7 Å². The van der Waals surface area contributed by atoms with Gasteiger partial charge < -0.3 is 14.7 Å². The Balaban J connectivity index is 2.32. The Hall–Kier alpha value is -0.970. The second kappa shape index (κ2) is 4.72. The van der Waals surface area contributed by atoms with Crippen molar-refractivity contribution >= 4 is 11.6 Å². The Morgan fingerprint density at radius 3 is 2.76 bits per heavy atom. The van der Waals surface area contributed by atoms with Crippen molar-refractivity contribution in [3.05, 3.63) is 22.7 Å². The molecule has 1 heterocycles. The summed E-state index contributed by atoms with van der Waals surface area (Å²) in [5.74, 6) is 1.22. The minimum atomic E-state index is -0.0439. The van der Waals surface area contributed by atoms with Gasteiger partial charge in [0.05, 0.1) is 18.2 Å². The minimum Gasteiger partial charge on any atom is -0.489 e. The van der Waals surface area contributed by atoms with Crippen LogP contribution in [0.3, 0.4) is 0 Å². The molecule has 1 aliphatic rings. The van der Waals surface area contributed by atoms with E-state index in [2.05, 4.69) is 19.3 Å². The van der Waals surface area contributed by atoms with E-state index in [9.17, 15) is 0 Å². The summed E-state index contributed by atoms with van der Waals surface area (Å²) in [4.78, 5) is 0. The average molecular weight is 258 g/mol. The van der Waals surface area contributed by atoms with Crippen LogP contribution < -0.4 is 15.0 Å². The Morgan fingerprint density at radius 2 is 2.06 bits per heavy atom. The third kappa shape index (κ3) is 2.83. The zero-order valence-electron chi connectivity index (χ0n) is 9.92.